The summed E-state index contributed by atoms with van der Waals surface area (Å²) < 4.78 is 6.00. The monoisotopic (exact) mass is 255 g/mol. The molecule has 1 N–H and O–H groups in total. The van der Waals surface area contributed by atoms with Gasteiger partial charge >= 0.3 is 0 Å². The second kappa shape index (κ2) is 4.86. The van der Waals surface area contributed by atoms with Crippen molar-refractivity contribution in [3.63, 3.8) is 0 Å². The number of hydrogen-bond acceptors (Lipinski definition) is 2. The van der Waals surface area contributed by atoms with Crippen LogP contribution < -0.4 is 5.32 Å². The first kappa shape index (κ1) is 12.5. The van der Waals surface area contributed by atoms with Gasteiger partial charge in [-0.15, -0.1) is 0 Å². The van der Waals surface area contributed by atoms with Crippen LogP contribution in [0.5, 0.6) is 0 Å². The summed E-state index contributed by atoms with van der Waals surface area (Å²) in [4.78, 5) is 0. The van der Waals surface area contributed by atoms with Gasteiger partial charge < -0.3 is 10.1 Å². The predicted octanol–water partition coefficient (Wildman–Crippen LogP) is 4.21. The molecule has 0 aromatic heterocycles. The molecule has 100 valence electrons. The average molecular weight is 255 g/mol. The van der Waals surface area contributed by atoms with Crippen molar-refractivity contribution in [3.05, 3.63) is 42.5 Å². The Bertz CT molecular complexity index is 576. The summed E-state index contributed by atoms with van der Waals surface area (Å²) in [5.41, 5.74) is 1.22. The van der Waals surface area contributed by atoms with Gasteiger partial charge in [-0.2, -0.15) is 0 Å². The molecule has 2 aromatic rings. The number of ether oxygens (including phenoxy) is 1. The van der Waals surface area contributed by atoms with Crippen LogP contribution >= 0.6 is 0 Å². The second-order valence-electron chi connectivity index (χ2n) is 5.98. The molecule has 0 aliphatic carbocycles. The van der Waals surface area contributed by atoms with Gasteiger partial charge in [-0.3, -0.25) is 0 Å². The SMILES string of the molecule is CC1(C)CCC(CNc2ccc3ccccc3c2)O1. The Hall–Kier alpha value is -1.54. The van der Waals surface area contributed by atoms with Gasteiger partial charge in [0.2, 0.25) is 0 Å². The molecule has 2 aromatic carbocycles. The van der Waals surface area contributed by atoms with Gasteiger partial charge in [-0.25, -0.2) is 0 Å². The lowest BCUT2D eigenvalue weighted by Gasteiger charge is -2.19. The Labute approximate surface area is 114 Å². The molecular weight excluding hydrogens is 234 g/mol. The second-order valence-corrected chi connectivity index (χ2v) is 5.98. The van der Waals surface area contributed by atoms with Crippen molar-refractivity contribution in [2.24, 2.45) is 0 Å². The Morgan fingerprint density at radius 3 is 2.68 bits per heavy atom. The number of rotatable bonds is 3. The highest BCUT2D eigenvalue weighted by atomic mass is 16.5. The van der Waals surface area contributed by atoms with E-state index in [9.17, 15) is 0 Å². The van der Waals surface area contributed by atoms with Gasteiger partial charge in [-0.05, 0) is 49.6 Å². The molecule has 3 rings (SSSR count). The minimum atomic E-state index is 0.0513. The van der Waals surface area contributed by atoms with Crippen molar-refractivity contribution in [1.82, 2.24) is 0 Å². The highest BCUT2D eigenvalue weighted by Crippen LogP contribution is 2.29. The fourth-order valence-electron chi connectivity index (χ4n) is 2.75. The van der Waals surface area contributed by atoms with Crippen LogP contribution in [0.2, 0.25) is 0 Å². The van der Waals surface area contributed by atoms with E-state index in [0.717, 1.165) is 19.4 Å². The summed E-state index contributed by atoms with van der Waals surface area (Å²) in [5.74, 6) is 0. The fraction of sp³-hybridized carbons (Fsp3) is 0.412. The van der Waals surface area contributed by atoms with Gasteiger partial charge in [-0.1, -0.05) is 30.3 Å². The maximum absolute atomic E-state index is 6.00. The van der Waals surface area contributed by atoms with Gasteiger partial charge in [0, 0.05) is 12.2 Å². The van der Waals surface area contributed by atoms with Crippen LogP contribution in [0.25, 0.3) is 10.8 Å². The molecule has 19 heavy (non-hydrogen) atoms. The minimum Gasteiger partial charge on any atom is -0.382 e. The summed E-state index contributed by atoms with van der Waals surface area (Å²) in [6.45, 7) is 5.23. The third-order valence-corrected chi connectivity index (χ3v) is 3.84. The van der Waals surface area contributed by atoms with Crippen LogP contribution in [0.1, 0.15) is 26.7 Å². The number of nitrogens with one attached hydrogen (secondary N) is 1. The van der Waals surface area contributed by atoms with Crippen LogP contribution in [0.4, 0.5) is 5.69 Å². The molecular formula is C17H21NO. The third kappa shape index (κ3) is 2.90. The number of anilines is 1. The predicted molar refractivity (Wildman–Crippen MR) is 80.6 cm³/mol. The summed E-state index contributed by atoms with van der Waals surface area (Å²) in [6, 6.07) is 14.9. The quantitative estimate of drug-likeness (QED) is 0.887. The van der Waals surface area contributed by atoms with Crippen molar-refractivity contribution in [2.45, 2.75) is 38.4 Å². The molecule has 0 radical (unpaired) electrons. The average Bonchev–Trinajstić information content (AvgIpc) is 2.76. The van der Waals surface area contributed by atoms with E-state index >= 15 is 0 Å². The van der Waals surface area contributed by atoms with Gasteiger partial charge in [0.1, 0.15) is 0 Å². The van der Waals surface area contributed by atoms with E-state index < -0.39 is 0 Å². The van der Waals surface area contributed by atoms with Gasteiger partial charge in [0.05, 0.1) is 11.7 Å². The van der Waals surface area contributed by atoms with E-state index in [1.54, 1.807) is 0 Å². The third-order valence-electron chi connectivity index (χ3n) is 3.84. The molecule has 2 nitrogen and oxygen atoms in total. The first-order valence-electron chi connectivity index (χ1n) is 7.03. The van der Waals surface area contributed by atoms with Crippen LogP contribution in [-0.2, 0) is 4.74 Å². The highest BCUT2D eigenvalue weighted by Gasteiger charge is 2.31. The molecule has 0 saturated carbocycles. The fourth-order valence-corrected chi connectivity index (χ4v) is 2.75. The largest absolute Gasteiger partial charge is 0.382 e. The Balaban J connectivity index is 1.66. The summed E-state index contributed by atoms with van der Waals surface area (Å²) in [7, 11) is 0. The molecule has 1 heterocycles. The standard InChI is InChI=1S/C17H21NO/c1-17(2)10-9-16(19-17)12-18-15-8-7-13-5-3-4-6-14(13)11-15/h3-8,11,16,18H,9-10,12H2,1-2H3. The first-order valence-corrected chi connectivity index (χ1v) is 7.03. The lowest BCUT2D eigenvalue weighted by molar-refractivity contribution is -0.00910. The molecule has 1 aliphatic rings. The molecule has 0 spiro atoms. The Morgan fingerprint density at radius 1 is 1.16 bits per heavy atom. The van der Waals surface area contributed by atoms with Crippen LogP contribution in [0, 0.1) is 0 Å². The zero-order valence-electron chi connectivity index (χ0n) is 11.6. The molecule has 1 atom stereocenters. The molecule has 0 amide bonds. The normalized spacial score (nSPS) is 21.7. The van der Waals surface area contributed by atoms with Gasteiger partial charge in [0.15, 0.2) is 0 Å². The first-order chi connectivity index (χ1) is 9.12. The molecule has 2 heteroatoms. The zero-order valence-corrected chi connectivity index (χ0v) is 11.6. The summed E-state index contributed by atoms with van der Waals surface area (Å²) in [6.07, 6.45) is 2.63. The van der Waals surface area contributed by atoms with Crippen molar-refractivity contribution in [3.8, 4) is 0 Å². The van der Waals surface area contributed by atoms with E-state index in [4.69, 9.17) is 4.74 Å². The topological polar surface area (TPSA) is 21.3 Å². The van der Waals surface area contributed by atoms with E-state index in [1.165, 1.54) is 16.5 Å². The number of hydrogen-bond donors (Lipinski definition) is 1. The van der Waals surface area contributed by atoms with E-state index in [0.29, 0.717) is 6.10 Å². The van der Waals surface area contributed by atoms with Crippen molar-refractivity contribution in [1.29, 1.82) is 0 Å². The van der Waals surface area contributed by atoms with E-state index in [-0.39, 0.29) is 5.60 Å². The minimum absolute atomic E-state index is 0.0513. The Morgan fingerprint density at radius 2 is 1.95 bits per heavy atom. The molecule has 1 saturated heterocycles. The molecule has 1 aliphatic heterocycles. The van der Waals surface area contributed by atoms with Gasteiger partial charge in [0.25, 0.3) is 0 Å². The summed E-state index contributed by atoms with van der Waals surface area (Å²) >= 11 is 0. The number of benzene rings is 2. The molecule has 1 unspecified atom stereocenters. The lowest BCUT2D eigenvalue weighted by Crippen LogP contribution is -2.24. The molecule has 1 fully saturated rings. The Kier molecular flexibility index (Phi) is 3.19. The lowest BCUT2D eigenvalue weighted by atomic mass is 10.1. The van der Waals surface area contributed by atoms with Crippen LogP contribution in [0.15, 0.2) is 42.5 Å². The number of fused-ring (bicyclic) bond motifs is 1. The zero-order chi connectivity index (χ0) is 13.3. The maximum Gasteiger partial charge on any atom is 0.0755 e. The van der Waals surface area contributed by atoms with Crippen molar-refractivity contribution < 1.29 is 4.74 Å². The van der Waals surface area contributed by atoms with E-state index in [2.05, 4.69) is 61.6 Å². The van der Waals surface area contributed by atoms with Crippen molar-refractivity contribution >= 4 is 16.5 Å². The maximum atomic E-state index is 6.00. The smallest absolute Gasteiger partial charge is 0.0755 e. The summed E-state index contributed by atoms with van der Waals surface area (Å²) in [5, 5.41) is 6.05. The van der Waals surface area contributed by atoms with Crippen LogP contribution in [0.3, 0.4) is 0 Å². The van der Waals surface area contributed by atoms with E-state index in [1.807, 2.05) is 0 Å². The molecule has 0 bridgehead atoms. The highest BCUT2D eigenvalue weighted by molar-refractivity contribution is 5.85. The van der Waals surface area contributed by atoms with Crippen molar-refractivity contribution in [2.75, 3.05) is 11.9 Å². The van der Waals surface area contributed by atoms with Crippen LogP contribution in [-0.4, -0.2) is 18.2 Å².